The van der Waals surface area contributed by atoms with Crippen molar-refractivity contribution in [1.82, 2.24) is 4.98 Å². The summed E-state index contributed by atoms with van der Waals surface area (Å²) in [5, 5.41) is 0. The van der Waals surface area contributed by atoms with Gasteiger partial charge in [-0.2, -0.15) is 0 Å². The van der Waals surface area contributed by atoms with Crippen molar-refractivity contribution >= 4 is 111 Å². The maximum atomic E-state index is 5.52. The number of hydrogen-bond donors (Lipinski definition) is 0. The van der Waals surface area contributed by atoms with E-state index in [1.165, 1.54) is 4.70 Å². The molecule has 0 saturated heterocycles. The van der Waals surface area contributed by atoms with E-state index in [2.05, 4.69) is 30.1 Å². The molecule has 0 amide bonds. The normalized spacial score (nSPS) is 13.3. The van der Waals surface area contributed by atoms with Gasteiger partial charge in [-0.3, -0.25) is 0 Å². The van der Waals surface area contributed by atoms with Gasteiger partial charge in [0.05, 0.1) is 10.2 Å². The summed E-state index contributed by atoms with van der Waals surface area (Å²) in [6.07, 6.45) is 0. The number of fused-ring (bicyclic) bond motifs is 1. The van der Waals surface area contributed by atoms with Crippen molar-refractivity contribution in [3.8, 4) is 0 Å². The molecule has 152 valence electrons. The fraction of sp³-hybridized carbons (Fsp3) is 0.462. The Kier molecular flexibility index (Phi) is 13.2. The molecule has 1 heterocycles. The standard InChI is InChI=1S/C13H19NO3S9Si/c1-10(27(15-2,16-3)17-4)9-18-21-23-25-26-24-22-20-13-14-11-7-5-6-8-12(11)19-13/h5-8,10H,9H2,1-4H3. The molecular formula is C13H19NO3S9Si. The first-order valence-corrected chi connectivity index (χ1v) is 20.4. The Bertz CT molecular complexity index is 634. The van der Waals surface area contributed by atoms with E-state index in [0.29, 0.717) is 0 Å². The summed E-state index contributed by atoms with van der Waals surface area (Å²) in [7, 11) is 16.6. The van der Waals surface area contributed by atoms with Crippen molar-refractivity contribution in [1.29, 1.82) is 0 Å². The van der Waals surface area contributed by atoms with Gasteiger partial charge < -0.3 is 13.3 Å². The predicted molar refractivity (Wildman–Crippen MR) is 140 cm³/mol. The Morgan fingerprint density at radius 1 is 0.963 bits per heavy atom. The molecule has 0 saturated carbocycles. The zero-order chi connectivity index (χ0) is 19.5. The highest BCUT2D eigenvalue weighted by Gasteiger charge is 2.44. The van der Waals surface area contributed by atoms with Crippen molar-refractivity contribution in [2.45, 2.75) is 16.8 Å². The van der Waals surface area contributed by atoms with E-state index < -0.39 is 8.80 Å². The van der Waals surface area contributed by atoms with Crippen LogP contribution >= 0.6 is 91.9 Å². The Morgan fingerprint density at radius 3 is 2.26 bits per heavy atom. The highest BCUT2D eigenvalue weighted by atomic mass is 34.0. The van der Waals surface area contributed by atoms with Crippen molar-refractivity contribution in [2.24, 2.45) is 0 Å². The minimum Gasteiger partial charge on any atom is -0.377 e. The van der Waals surface area contributed by atoms with Crippen molar-refractivity contribution in [3.05, 3.63) is 24.3 Å². The van der Waals surface area contributed by atoms with E-state index in [0.717, 1.165) is 15.6 Å². The average Bonchev–Trinajstić information content (AvgIpc) is 3.11. The van der Waals surface area contributed by atoms with Crippen molar-refractivity contribution < 1.29 is 13.3 Å². The van der Waals surface area contributed by atoms with Crippen LogP contribution in [0.5, 0.6) is 0 Å². The molecule has 1 aromatic carbocycles. The monoisotopic (exact) mass is 553 g/mol. The summed E-state index contributed by atoms with van der Waals surface area (Å²) in [6, 6.07) is 8.26. The van der Waals surface area contributed by atoms with Crippen LogP contribution in [-0.2, 0) is 13.3 Å². The third-order valence-electron chi connectivity index (χ3n) is 3.34. The molecular weight excluding hydrogens is 535 g/mol. The Labute approximate surface area is 195 Å². The fourth-order valence-electron chi connectivity index (χ4n) is 2.08. The third kappa shape index (κ3) is 8.22. The van der Waals surface area contributed by atoms with Crippen LogP contribution in [0.2, 0.25) is 5.54 Å². The summed E-state index contributed by atoms with van der Waals surface area (Å²) >= 11 is 1.74. The van der Waals surface area contributed by atoms with Gasteiger partial charge in [0.25, 0.3) is 0 Å². The minimum absolute atomic E-state index is 0.253. The molecule has 1 unspecified atom stereocenters. The van der Waals surface area contributed by atoms with Crippen LogP contribution in [0.1, 0.15) is 6.92 Å². The summed E-state index contributed by atoms with van der Waals surface area (Å²) in [4.78, 5) is 4.62. The van der Waals surface area contributed by atoms with E-state index in [1.54, 1.807) is 102 Å². The zero-order valence-electron chi connectivity index (χ0n) is 14.9. The maximum absolute atomic E-state index is 5.52. The number of benzene rings is 1. The van der Waals surface area contributed by atoms with Crippen molar-refractivity contribution in [2.75, 3.05) is 27.1 Å². The lowest BCUT2D eigenvalue weighted by atomic mass is 10.3. The lowest BCUT2D eigenvalue weighted by Gasteiger charge is -2.29. The smallest absolute Gasteiger partial charge is 0.377 e. The molecule has 2 rings (SSSR count). The largest absolute Gasteiger partial charge is 0.504 e. The summed E-state index contributed by atoms with van der Waals surface area (Å²) < 4.78 is 18.9. The average molecular weight is 554 g/mol. The molecule has 0 N–H and O–H groups in total. The first-order chi connectivity index (χ1) is 13.1. The first-order valence-electron chi connectivity index (χ1n) is 7.45. The second kappa shape index (κ2) is 14.1. The highest BCUT2D eigenvalue weighted by molar-refractivity contribution is 9.48. The van der Waals surface area contributed by atoms with Crippen LogP contribution in [0, 0.1) is 0 Å². The maximum Gasteiger partial charge on any atom is 0.504 e. The lowest BCUT2D eigenvalue weighted by molar-refractivity contribution is 0.116. The van der Waals surface area contributed by atoms with Crippen LogP contribution in [0.3, 0.4) is 0 Å². The van der Waals surface area contributed by atoms with Gasteiger partial charge in [0, 0.05) is 32.6 Å². The predicted octanol–water partition coefficient (Wildman–Crippen LogP) is 8.19. The molecule has 2 aromatic rings. The van der Waals surface area contributed by atoms with Gasteiger partial charge in [0.1, 0.15) is 0 Å². The number of thiazole rings is 1. The fourth-order valence-corrected chi connectivity index (χ4v) is 23.6. The summed E-state index contributed by atoms with van der Waals surface area (Å²) in [5.74, 6) is 0.931. The van der Waals surface area contributed by atoms with E-state index >= 15 is 0 Å². The Balaban J connectivity index is 1.51. The van der Waals surface area contributed by atoms with Crippen LogP contribution in [-0.4, -0.2) is 40.9 Å². The van der Waals surface area contributed by atoms with Gasteiger partial charge in [-0.05, 0) is 81.9 Å². The Morgan fingerprint density at radius 2 is 1.59 bits per heavy atom. The van der Waals surface area contributed by atoms with Crippen LogP contribution < -0.4 is 0 Å². The number of hydrogen-bond acceptors (Lipinski definition) is 13. The SMILES string of the molecule is CO[Si](OC)(OC)C(C)CSSSSSSSSc1nc2ccccc2s1. The second-order valence-corrected chi connectivity index (χ2v) is 22.5. The summed E-state index contributed by atoms with van der Waals surface area (Å²) in [5.41, 5.74) is 1.33. The third-order valence-corrected chi connectivity index (χ3v) is 23.4. The van der Waals surface area contributed by atoms with Crippen LogP contribution in [0.25, 0.3) is 10.2 Å². The molecule has 0 spiro atoms. The van der Waals surface area contributed by atoms with E-state index in [1.807, 2.05) is 16.9 Å². The van der Waals surface area contributed by atoms with Gasteiger partial charge >= 0.3 is 8.80 Å². The zero-order valence-corrected chi connectivity index (χ0v) is 23.3. The molecule has 1 atom stereocenters. The minimum atomic E-state index is -2.52. The number of para-hydroxylation sites is 1. The molecule has 14 heteroatoms. The highest BCUT2D eigenvalue weighted by Crippen LogP contribution is 2.58. The van der Waals surface area contributed by atoms with Gasteiger partial charge in [0.2, 0.25) is 0 Å². The van der Waals surface area contributed by atoms with E-state index in [-0.39, 0.29) is 5.54 Å². The van der Waals surface area contributed by atoms with Gasteiger partial charge in [-0.1, -0.05) is 29.9 Å². The van der Waals surface area contributed by atoms with Gasteiger partial charge in [0.15, 0.2) is 4.34 Å². The molecule has 0 aliphatic carbocycles. The van der Waals surface area contributed by atoms with Crippen molar-refractivity contribution in [3.63, 3.8) is 0 Å². The van der Waals surface area contributed by atoms with E-state index in [4.69, 9.17) is 13.3 Å². The molecule has 0 aliphatic rings. The second-order valence-electron chi connectivity index (χ2n) is 4.84. The van der Waals surface area contributed by atoms with E-state index in [9.17, 15) is 0 Å². The number of aromatic nitrogens is 1. The van der Waals surface area contributed by atoms with Gasteiger partial charge in [-0.15, -0.1) is 11.3 Å². The summed E-state index contributed by atoms with van der Waals surface area (Å²) in [6.45, 7) is 2.12. The molecule has 1 aromatic heterocycles. The number of nitrogens with zero attached hydrogens (tertiary/aromatic N) is 1. The van der Waals surface area contributed by atoms with Gasteiger partial charge in [-0.25, -0.2) is 4.98 Å². The lowest BCUT2D eigenvalue weighted by Crippen LogP contribution is -2.47. The van der Waals surface area contributed by atoms with Crippen LogP contribution in [0.4, 0.5) is 0 Å². The molecule has 4 nitrogen and oxygen atoms in total. The molecule has 0 radical (unpaired) electrons. The molecule has 27 heavy (non-hydrogen) atoms. The van der Waals surface area contributed by atoms with Crippen LogP contribution in [0.15, 0.2) is 28.6 Å². The Hall–Kier alpha value is 2.01. The number of rotatable bonds is 14. The topological polar surface area (TPSA) is 40.6 Å². The first kappa shape index (κ1) is 25.3. The molecule has 0 bridgehead atoms. The quantitative estimate of drug-likeness (QED) is 0.129. The molecule has 0 fully saturated rings. The molecule has 0 aliphatic heterocycles.